The molecule has 0 unspecified atom stereocenters. The van der Waals surface area contributed by atoms with Crippen LogP contribution in [0.1, 0.15) is 71.1 Å². The number of hydrogen-bond donors (Lipinski definition) is 2. The molecule has 3 heterocycles. The number of amides is 1. The molecular formula is C34H36FN3O5. The lowest BCUT2D eigenvalue weighted by atomic mass is 9.85. The molecule has 0 aliphatic carbocycles. The van der Waals surface area contributed by atoms with E-state index in [1.54, 1.807) is 25.4 Å². The molecule has 1 aliphatic heterocycles. The molecule has 2 aromatic carbocycles. The molecule has 2 aromatic heterocycles. The quantitative estimate of drug-likeness (QED) is 0.257. The molecule has 9 heteroatoms. The maximum atomic E-state index is 16.4. The normalized spacial score (nSPS) is 12.9. The summed E-state index contributed by atoms with van der Waals surface area (Å²) in [7, 11) is 0. The largest absolute Gasteiger partial charge is 0.490 e. The first-order valence-corrected chi connectivity index (χ1v) is 14.4. The van der Waals surface area contributed by atoms with Crippen LogP contribution in [0.3, 0.4) is 0 Å². The van der Waals surface area contributed by atoms with Crippen molar-refractivity contribution in [3.63, 3.8) is 0 Å². The van der Waals surface area contributed by atoms with Gasteiger partial charge in [-0.1, -0.05) is 0 Å². The Balaban J connectivity index is 1.81. The predicted molar refractivity (Wildman–Crippen MR) is 162 cm³/mol. The number of ether oxygens (including phenoxy) is 2. The van der Waals surface area contributed by atoms with Crippen LogP contribution >= 0.6 is 0 Å². The zero-order valence-corrected chi connectivity index (χ0v) is 25.4. The summed E-state index contributed by atoms with van der Waals surface area (Å²) in [6.07, 6.45) is 4.32. The van der Waals surface area contributed by atoms with Crippen LogP contribution in [-0.4, -0.2) is 39.2 Å². The second-order valence-electron chi connectivity index (χ2n) is 12.0. The number of benzene rings is 2. The molecule has 0 atom stereocenters. The summed E-state index contributed by atoms with van der Waals surface area (Å²) >= 11 is 0. The maximum absolute atomic E-state index is 16.4. The number of nitrogens with one attached hydrogen (secondary N) is 1. The van der Waals surface area contributed by atoms with Gasteiger partial charge in [0.15, 0.2) is 11.5 Å². The Labute approximate surface area is 250 Å². The minimum Gasteiger partial charge on any atom is -0.490 e. The molecule has 1 amide bonds. The number of carbonyl (C=O) groups is 2. The van der Waals surface area contributed by atoms with Gasteiger partial charge in [0.25, 0.3) is 5.91 Å². The van der Waals surface area contributed by atoms with Gasteiger partial charge in [0.05, 0.1) is 18.5 Å². The number of aliphatic carboxylic acids is 1. The highest BCUT2D eigenvalue weighted by molar-refractivity contribution is 6.06. The average Bonchev–Trinajstić information content (AvgIpc) is 2.95. The lowest BCUT2D eigenvalue weighted by molar-refractivity contribution is -0.136. The van der Waals surface area contributed by atoms with E-state index in [0.29, 0.717) is 64.0 Å². The highest BCUT2D eigenvalue weighted by atomic mass is 19.1. The van der Waals surface area contributed by atoms with Crippen molar-refractivity contribution >= 4 is 22.8 Å². The molecular weight excluding hydrogens is 549 g/mol. The Morgan fingerprint density at radius 1 is 1.12 bits per heavy atom. The SMILES string of the molecule is Cc1cc2nc(C)c(CC(=O)O)c(-c3c(C)c4c(c(F)c3OC(C)(C)C)OCCC4)c2cc1C(=O)NCc1ccncc1. The van der Waals surface area contributed by atoms with Crippen LogP contribution in [0.2, 0.25) is 0 Å². The fourth-order valence-corrected chi connectivity index (χ4v) is 5.67. The summed E-state index contributed by atoms with van der Waals surface area (Å²) in [4.78, 5) is 34.4. The van der Waals surface area contributed by atoms with Crippen LogP contribution < -0.4 is 14.8 Å². The monoisotopic (exact) mass is 585 g/mol. The zero-order chi connectivity index (χ0) is 31.1. The highest BCUT2D eigenvalue weighted by Gasteiger charge is 2.32. The van der Waals surface area contributed by atoms with Crippen molar-refractivity contribution in [1.29, 1.82) is 0 Å². The predicted octanol–water partition coefficient (Wildman–Crippen LogP) is 6.42. The molecule has 0 saturated heterocycles. The molecule has 4 aromatic rings. The van der Waals surface area contributed by atoms with E-state index in [9.17, 15) is 14.7 Å². The summed E-state index contributed by atoms with van der Waals surface area (Å²) < 4.78 is 28.5. The summed E-state index contributed by atoms with van der Waals surface area (Å²) in [5.74, 6) is -1.79. The molecule has 1 aliphatic rings. The van der Waals surface area contributed by atoms with E-state index in [4.69, 9.17) is 14.5 Å². The molecule has 2 N–H and O–H groups in total. The molecule has 0 bridgehead atoms. The number of aryl methyl sites for hydroxylation is 2. The van der Waals surface area contributed by atoms with Gasteiger partial charge in [-0.3, -0.25) is 19.6 Å². The number of carboxylic acid groups (broad SMARTS) is 1. The number of pyridine rings is 2. The van der Waals surface area contributed by atoms with Gasteiger partial charge in [0.2, 0.25) is 5.82 Å². The van der Waals surface area contributed by atoms with E-state index in [2.05, 4.69) is 10.3 Å². The molecule has 0 spiro atoms. The van der Waals surface area contributed by atoms with E-state index < -0.39 is 17.4 Å². The summed E-state index contributed by atoms with van der Waals surface area (Å²) in [6, 6.07) is 7.19. The van der Waals surface area contributed by atoms with Crippen molar-refractivity contribution in [2.24, 2.45) is 0 Å². The molecule has 0 saturated carbocycles. The standard InChI is InChI=1S/C34H36FN3O5/c1-18-14-26-25(15-23(18)33(41)37-17-21-9-11-36-12-10-21)29(24(16-27(39)40)20(3)38-26)28-19(2)22-8-7-13-42-31(22)30(35)32(28)43-34(4,5)6/h9-12,14-15H,7-8,13,16-17H2,1-6H3,(H,37,41)(H,39,40). The summed E-state index contributed by atoms with van der Waals surface area (Å²) in [6.45, 7) is 11.7. The van der Waals surface area contributed by atoms with E-state index >= 15 is 4.39 Å². The third-order valence-corrected chi connectivity index (χ3v) is 7.62. The van der Waals surface area contributed by atoms with Crippen LogP contribution in [0.5, 0.6) is 11.5 Å². The first-order valence-electron chi connectivity index (χ1n) is 14.4. The van der Waals surface area contributed by atoms with E-state index in [1.807, 2.05) is 52.8 Å². The fourth-order valence-electron chi connectivity index (χ4n) is 5.67. The number of halogens is 1. The Kier molecular flexibility index (Phi) is 8.10. The van der Waals surface area contributed by atoms with Gasteiger partial charge in [-0.05, 0) is 101 Å². The number of rotatable bonds is 7. The average molecular weight is 586 g/mol. The van der Waals surface area contributed by atoms with Crippen molar-refractivity contribution in [3.8, 4) is 22.6 Å². The van der Waals surface area contributed by atoms with Gasteiger partial charge in [0.1, 0.15) is 5.60 Å². The molecule has 0 radical (unpaired) electrons. The number of carbonyl (C=O) groups excluding carboxylic acids is 1. The van der Waals surface area contributed by atoms with Gasteiger partial charge < -0.3 is 19.9 Å². The third-order valence-electron chi connectivity index (χ3n) is 7.62. The number of fused-ring (bicyclic) bond motifs is 2. The van der Waals surface area contributed by atoms with E-state index in [0.717, 1.165) is 23.1 Å². The second-order valence-corrected chi connectivity index (χ2v) is 12.0. The van der Waals surface area contributed by atoms with Crippen molar-refractivity contribution in [2.75, 3.05) is 6.61 Å². The molecule has 5 rings (SSSR count). The molecule has 224 valence electrons. The Morgan fingerprint density at radius 3 is 2.51 bits per heavy atom. The van der Waals surface area contributed by atoms with E-state index in [-0.39, 0.29) is 23.8 Å². The van der Waals surface area contributed by atoms with Crippen LogP contribution in [-0.2, 0) is 24.2 Å². The lowest BCUT2D eigenvalue weighted by Crippen LogP contribution is -2.25. The third kappa shape index (κ3) is 6.02. The molecule has 8 nitrogen and oxygen atoms in total. The van der Waals surface area contributed by atoms with Gasteiger partial charge in [-0.25, -0.2) is 0 Å². The van der Waals surface area contributed by atoms with Crippen molar-refractivity contribution in [1.82, 2.24) is 15.3 Å². The maximum Gasteiger partial charge on any atom is 0.307 e. The number of carboxylic acids is 1. The lowest BCUT2D eigenvalue weighted by Gasteiger charge is -2.30. The van der Waals surface area contributed by atoms with Crippen LogP contribution in [0.15, 0.2) is 36.7 Å². The van der Waals surface area contributed by atoms with Crippen molar-refractivity contribution in [2.45, 2.75) is 73.0 Å². The Bertz CT molecular complexity index is 1750. The number of aromatic nitrogens is 2. The zero-order valence-electron chi connectivity index (χ0n) is 25.4. The minimum absolute atomic E-state index is 0.00606. The molecule has 43 heavy (non-hydrogen) atoms. The second kappa shape index (κ2) is 11.6. The fraction of sp³-hybridized carbons (Fsp3) is 0.353. The summed E-state index contributed by atoms with van der Waals surface area (Å²) in [5, 5.41) is 13.5. The smallest absolute Gasteiger partial charge is 0.307 e. The van der Waals surface area contributed by atoms with Crippen LogP contribution in [0, 0.1) is 26.6 Å². The summed E-state index contributed by atoms with van der Waals surface area (Å²) in [5.41, 5.74) is 5.18. The van der Waals surface area contributed by atoms with Gasteiger partial charge in [-0.15, -0.1) is 0 Å². The van der Waals surface area contributed by atoms with Gasteiger partial charge in [-0.2, -0.15) is 4.39 Å². The first kappa shape index (κ1) is 29.9. The van der Waals surface area contributed by atoms with Gasteiger partial charge in [0, 0.05) is 52.3 Å². The van der Waals surface area contributed by atoms with Crippen LogP contribution in [0.25, 0.3) is 22.0 Å². The topological polar surface area (TPSA) is 111 Å². The highest BCUT2D eigenvalue weighted by Crippen LogP contribution is 2.49. The van der Waals surface area contributed by atoms with Crippen molar-refractivity contribution in [3.05, 3.63) is 81.6 Å². The van der Waals surface area contributed by atoms with Gasteiger partial charge >= 0.3 is 5.97 Å². The van der Waals surface area contributed by atoms with Crippen LogP contribution in [0.4, 0.5) is 4.39 Å². The number of hydrogen-bond acceptors (Lipinski definition) is 6. The van der Waals surface area contributed by atoms with Crippen molar-refractivity contribution < 1.29 is 28.6 Å². The minimum atomic E-state index is -1.05. The first-order chi connectivity index (χ1) is 20.4. The number of nitrogens with zero attached hydrogens (tertiary/aromatic N) is 2. The van der Waals surface area contributed by atoms with E-state index in [1.165, 1.54) is 0 Å². The Hall–Kier alpha value is -4.53. The molecule has 0 fully saturated rings. The Morgan fingerprint density at radius 2 is 1.84 bits per heavy atom.